The fourth-order valence-electron chi connectivity index (χ4n) is 5.65. The van der Waals surface area contributed by atoms with E-state index in [2.05, 4.69) is 9.97 Å². The number of halogens is 3. The quantitative estimate of drug-likeness (QED) is 0.347. The van der Waals surface area contributed by atoms with Crippen LogP contribution >= 0.6 is 0 Å². The van der Waals surface area contributed by atoms with Crippen molar-refractivity contribution in [3.63, 3.8) is 0 Å². The van der Waals surface area contributed by atoms with Crippen LogP contribution in [0.25, 0.3) is 11.1 Å². The zero-order chi connectivity index (χ0) is 30.4. The van der Waals surface area contributed by atoms with Gasteiger partial charge in [0.2, 0.25) is 0 Å². The smallest absolute Gasteiger partial charge is 0.378 e. The number of H-pyrrole nitrogens is 1. The molecule has 0 unspecified atom stereocenters. The van der Waals surface area contributed by atoms with Crippen LogP contribution in [0.2, 0.25) is 0 Å². The largest absolute Gasteiger partial charge is 0.416 e. The minimum Gasteiger partial charge on any atom is -0.378 e. The highest BCUT2D eigenvalue weighted by Gasteiger charge is 2.49. The summed E-state index contributed by atoms with van der Waals surface area (Å²) in [6.07, 6.45) is -2.28. The first-order valence-electron chi connectivity index (χ1n) is 13.8. The Kier molecular flexibility index (Phi) is 7.10. The summed E-state index contributed by atoms with van der Waals surface area (Å²) in [6.45, 7) is 0.104. The van der Waals surface area contributed by atoms with Crippen molar-refractivity contribution in [1.82, 2.24) is 19.9 Å². The number of aryl methyl sites for hydroxylation is 1. The van der Waals surface area contributed by atoms with Crippen LogP contribution in [0.5, 0.6) is 0 Å². The second kappa shape index (κ2) is 10.8. The molecule has 0 bridgehead atoms. The van der Waals surface area contributed by atoms with Gasteiger partial charge in [0, 0.05) is 18.3 Å². The molecule has 1 atom stereocenters. The van der Waals surface area contributed by atoms with Gasteiger partial charge in [0.25, 0.3) is 11.5 Å². The summed E-state index contributed by atoms with van der Waals surface area (Å²) in [5.74, 6) is -0.224. The maximum Gasteiger partial charge on any atom is 0.416 e. The maximum atomic E-state index is 13.4. The zero-order valence-corrected chi connectivity index (χ0v) is 22.9. The summed E-state index contributed by atoms with van der Waals surface area (Å²) in [6, 6.07) is 17.5. The molecule has 2 aliphatic rings. The Morgan fingerprint density at radius 3 is 2.58 bits per heavy atom. The van der Waals surface area contributed by atoms with Gasteiger partial charge in [-0.15, -0.1) is 0 Å². The van der Waals surface area contributed by atoms with Crippen molar-refractivity contribution in [3.05, 3.63) is 117 Å². The molecule has 1 saturated carbocycles. The summed E-state index contributed by atoms with van der Waals surface area (Å²) >= 11 is 0. The fourth-order valence-corrected chi connectivity index (χ4v) is 5.65. The molecule has 2 aromatic heterocycles. The summed E-state index contributed by atoms with van der Waals surface area (Å²) in [5.41, 5.74) is 2.01. The van der Waals surface area contributed by atoms with Crippen LogP contribution in [0.15, 0.2) is 71.7 Å². The Hall–Kier alpha value is -4.82. The average Bonchev–Trinajstić information content (AvgIpc) is 3.85. The molecule has 218 valence electrons. The minimum absolute atomic E-state index is 0.110. The van der Waals surface area contributed by atoms with Crippen LogP contribution in [-0.4, -0.2) is 37.4 Å². The second-order valence-electron chi connectivity index (χ2n) is 10.9. The van der Waals surface area contributed by atoms with Gasteiger partial charge in [-0.1, -0.05) is 36.4 Å². The molecule has 3 heterocycles. The van der Waals surface area contributed by atoms with E-state index in [1.165, 1.54) is 11.0 Å². The van der Waals surface area contributed by atoms with Crippen LogP contribution in [0.3, 0.4) is 0 Å². The molecule has 0 radical (unpaired) electrons. The predicted molar refractivity (Wildman–Crippen MR) is 149 cm³/mol. The lowest BCUT2D eigenvalue weighted by Crippen LogP contribution is -2.36. The van der Waals surface area contributed by atoms with Crippen molar-refractivity contribution in [1.29, 1.82) is 5.26 Å². The SMILES string of the molecule is N#Cc1ccc(-c2cccc(C3(c4nc5c(c(=O)[nH]4)CN(C(=O)[C@H](O)c4cccc(C(F)(F)F)c4)CCC5)CC3)c2)cn1. The van der Waals surface area contributed by atoms with Crippen LogP contribution in [0, 0.1) is 11.3 Å². The van der Waals surface area contributed by atoms with E-state index in [0.29, 0.717) is 35.6 Å². The molecule has 1 fully saturated rings. The van der Waals surface area contributed by atoms with Gasteiger partial charge in [-0.2, -0.15) is 18.4 Å². The molecular weight excluding hydrogens is 559 g/mol. The number of benzene rings is 2. The number of hydrogen-bond acceptors (Lipinski definition) is 6. The number of nitrogens with zero attached hydrogens (tertiary/aromatic N) is 4. The number of aliphatic hydroxyl groups excluding tert-OH is 1. The highest BCUT2D eigenvalue weighted by molar-refractivity contribution is 5.82. The van der Waals surface area contributed by atoms with E-state index in [1.54, 1.807) is 12.3 Å². The molecule has 2 aromatic carbocycles. The third-order valence-corrected chi connectivity index (χ3v) is 8.20. The molecule has 1 aliphatic carbocycles. The summed E-state index contributed by atoms with van der Waals surface area (Å²) in [5, 5.41) is 19.7. The van der Waals surface area contributed by atoms with E-state index in [-0.39, 0.29) is 24.2 Å². The van der Waals surface area contributed by atoms with Crippen LogP contribution in [0.4, 0.5) is 13.2 Å². The van der Waals surface area contributed by atoms with E-state index < -0.39 is 29.2 Å². The first kappa shape index (κ1) is 28.3. The Bertz CT molecular complexity index is 1810. The lowest BCUT2D eigenvalue weighted by Gasteiger charge is -2.24. The molecule has 8 nitrogen and oxygen atoms in total. The topological polar surface area (TPSA) is 123 Å². The van der Waals surface area contributed by atoms with Gasteiger partial charge in [0.05, 0.1) is 28.8 Å². The van der Waals surface area contributed by atoms with Gasteiger partial charge in [0.15, 0.2) is 6.10 Å². The monoisotopic (exact) mass is 585 g/mol. The maximum absolute atomic E-state index is 13.4. The zero-order valence-electron chi connectivity index (χ0n) is 22.9. The van der Waals surface area contributed by atoms with Crippen LogP contribution in [-0.2, 0) is 29.4 Å². The molecular formula is C32H26F3N5O3. The molecule has 1 aliphatic heterocycles. The summed E-state index contributed by atoms with van der Waals surface area (Å²) in [7, 11) is 0. The Balaban J connectivity index is 1.26. The number of aliphatic hydroxyl groups is 1. The Morgan fingerprint density at radius 2 is 1.88 bits per heavy atom. The second-order valence-corrected chi connectivity index (χ2v) is 10.9. The van der Waals surface area contributed by atoms with Crippen molar-refractivity contribution in [2.75, 3.05) is 6.54 Å². The summed E-state index contributed by atoms with van der Waals surface area (Å²) < 4.78 is 39.5. The normalized spacial score (nSPS) is 16.5. The van der Waals surface area contributed by atoms with E-state index >= 15 is 0 Å². The Labute approximate surface area is 244 Å². The van der Waals surface area contributed by atoms with Crippen molar-refractivity contribution in [3.8, 4) is 17.2 Å². The predicted octanol–water partition coefficient (Wildman–Crippen LogP) is 4.81. The molecule has 6 rings (SSSR count). The van der Waals surface area contributed by atoms with Gasteiger partial charge >= 0.3 is 6.18 Å². The van der Waals surface area contributed by atoms with Gasteiger partial charge in [-0.3, -0.25) is 9.59 Å². The number of fused-ring (bicyclic) bond motifs is 1. The number of rotatable bonds is 5. The molecule has 1 amide bonds. The number of aromatic amines is 1. The highest BCUT2D eigenvalue weighted by Crippen LogP contribution is 2.52. The van der Waals surface area contributed by atoms with Crippen LogP contribution < -0.4 is 5.56 Å². The van der Waals surface area contributed by atoms with E-state index in [0.717, 1.165) is 47.7 Å². The molecule has 2 N–H and O–H groups in total. The molecule has 43 heavy (non-hydrogen) atoms. The third kappa shape index (κ3) is 5.42. The van der Waals surface area contributed by atoms with E-state index in [1.807, 2.05) is 36.4 Å². The van der Waals surface area contributed by atoms with Gasteiger partial charge in [-0.05, 0) is 66.6 Å². The van der Waals surface area contributed by atoms with Crippen molar-refractivity contribution < 1.29 is 23.1 Å². The number of pyridine rings is 1. The van der Waals surface area contributed by atoms with Crippen molar-refractivity contribution in [2.24, 2.45) is 0 Å². The number of amides is 1. The van der Waals surface area contributed by atoms with E-state index in [9.17, 15) is 27.9 Å². The highest BCUT2D eigenvalue weighted by atomic mass is 19.4. The molecule has 0 spiro atoms. The first-order valence-corrected chi connectivity index (χ1v) is 13.8. The lowest BCUT2D eigenvalue weighted by atomic mass is 9.91. The first-order chi connectivity index (χ1) is 20.6. The number of aromatic nitrogens is 3. The number of nitriles is 1. The molecule has 4 aromatic rings. The molecule has 0 saturated heterocycles. The standard InChI is InChI=1S/C32H26F3N5O3/c33-32(34,35)23-7-2-5-20(15-23)27(41)29(43)40-13-3-8-26-25(18-40)28(42)39-30(38-26)31(11-12-31)22-6-1-4-19(14-22)21-9-10-24(16-36)37-17-21/h1-2,4-7,9-10,14-15,17,27,41H,3,8,11-13,18H2,(H,38,39,42)/t27-/m1/s1. The van der Waals surface area contributed by atoms with Gasteiger partial charge in [-0.25, -0.2) is 9.97 Å². The summed E-state index contributed by atoms with van der Waals surface area (Å²) in [4.78, 5) is 39.9. The number of alkyl halides is 3. The average molecular weight is 586 g/mol. The van der Waals surface area contributed by atoms with Crippen molar-refractivity contribution >= 4 is 5.91 Å². The number of carbonyl (C=O) groups is 1. The Morgan fingerprint density at radius 1 is 1.09 bits per heavy atom. The fraction of sp³-hybridized carbons (Fsp3) is 0.281. The number of nitrogens with one attached hydrogen (secondary N) is 1. The van der Waals surface area contributed by atoms with Crippen LogP contribution in [0.1, 0.15) is 64.8 Å². The third-order valence-electron chi connectivity index (χ3n) is 8.20. The van der Waals surface area contributed by atoms with Gasteiger partial charge in [0.1, 0.15) is 17.6 Å². The van der Waals surface area contributed by atoms with Gasteiger partial charge < -0.3 is 15.0 Å². The number of hydrogen-bond donors (Lipinski definition) is 2. The van der Waals surface area contributed by atoms with Crippen molar-refractivity contribution in [2.45, 2.75) is 49.9 Å². The lowest BCUT2D eigenvalue weighted by molar-refractivity contribution is -0.142. The minimum atomic E-state index is -4.61. The number of carbonyl (C=O) groups excluding carboxylic acids is 1. The molecule has 11 heteroatoms. The van der Waals surface area contributed by atoms with E-state index in [4.69, 9.17) is 10.2 Å².